The minimum absolute atomic E-state index is 0.00231. The van der Waals surface area contributed by atoms with Crippen LogP contribution in [-0.4, -0.2) is 5.91 Å². The van der Waals surface area contributed by atoms with Gasteiger partial charge in [-0.1, -0.05) is 19.4 Å². The first kappa shape index (κ1) is 9.21. The first-order valence-electron chi connectivity index (χ1n) is 3.62. The van der Waals surface area contributed by atoms with Gasteiger partial charge in [-0.05, 0) is 12.8 Å². The summed E-state index contributed by atoms with van der Waals surface area (Å²) in [6.07, 6.45) is 4.33. The molecule has 0 fully saturated rings. The van der Waals surface area contributed by atoms with Crippen molar-refractivity contribution in [1.82, 2.24) is 0 Å². The summed E-state index contributed by atoms with van der Waals surface area (Å²) in [6, 6.07) is 0. The Bertz CT molecular complexity index is 120. The Balaban J connectivity index is 3.71. The van der Waals surface area contributed by atoms with Gasteiger partial charge < -0.3 is 5.73 Å². The summed E-state index contributed by atoms with van der Waals surface area (Å²) in [5.74, 6) is -0.204. The van der Waals surface area contributed by atoms with Gasteiger partial charge in [-0.15, -0.1) is 6.58 Å². The molecule has 0 aliphatic heterocycles. The van der Waals surface area contributed by atoms with Crippen LogP contribution in [0.2, 0.25) is 0 Å². The van der Waals surface area contributed by atoms with Crippen molar-refractivity contribution >= 4 is 5.91 Å². The normalized spacial score (nSPS) is 12.5. The predicted molar refractivity (Wildman–Crippen MR) is 42.4 cm³/mol. The van der Waals surface area contributed by atoms with E-state index in [1.165, 1.54) is 0 Å². The van der Waals surface area contributed by atoms with Crippen LogP contribution in [-0.2, 0) is 4.79 Å². The second-order valence-electron chi connectivity index (χ2n) is 2.41. The molecule has 2 nitrogen and oxygen atoms in total. The lowest BCUT2D eigenvalue weighted by Gasteiger charge is -2.07. The Morgan fingerprint density at radius 2 is 2.40 bits per heavy atom. The number of primary amides is 1. The maximum Gasteiger partial charge on any atom is 0.220 e. The maximum atomic E-state index is 10.7. The molecule has 0 aliphatic rings. The summed E-state index contributed by atoms with van der Waals surface area (Å²) < 4.78 is 0. The molecular formula is C8H15NO. The van der Waals surface area contributed by atoms with Gasteiger partial charge in [0, 0.05) is 5.92 Å². The maximum absolute atomic E-state index is 10.7. The molecule has 1 unspecified atom stereocenters. The van der Waals surface area contributed by atoms with Gasteiger partial charge >= 0.3 is 0 Å². The molecule has 0 radical (unpaired) electrons. The quantitative estimate of drug-likeness (QED) is 0.579. The Morgan fingerprint density at radius 3 is 2.70 bits per heavy atom. The Kier molecular flexibility index (Phi) is 4.63. The van der Waals surface area contributed by atoms with Crippen LogP contribution in [0.25, 0.3) is 0 Å². The highest BCUT2D eigenvalue weighted by molar-refractivity contribution is 5.76. The minimum atomic E-state index is -0.207. The molecule has 0 aromatic heterocycles. The largest absolute Gasteiger partial charge is 0.369 e. The highest BCUT2D eigenvalue weighted by Gasteiger charge is 2.10. The summed E-state index contributed by atoms with van der Waals surface area (Å²) in [7, 11) is 0. The van der Waals surface area contributed by atoms with E-state index in [-0.39, 0.29) is 11.8 Å². The third-order valence-corrected chi connectivity index (χ3v) is 1.49. The molecule has 10 heavy (non-hydrogen) atoms. The average Bonchev–Trinajstić information content (AvgIpc) is 1.87. The fraction of sp³-hybridized carbons (Fsp3) is 0.625. The van der Waals surface area contributed by atoms with Crippen LogP contribution in [0.4, 0.5) is 0 Å². The number of nitrogens with two attached hydrogens (primary N) is 1. The molecule has 0 aromatic carbocycles. The highest BCUT2D eigenvalue weighted by atomic mass is 16.1. The lowest BCUT2D eigenvalue weighted by Crippen LogP contribution is -2.22. The summed E-state index contributed by atoms with van der Waals surface area (Å²) in [5, 5.41) is 0. The summed E-state index contributed by atoms with van der Waals surface area (Å²) in [6.45, 7) is 5.60. The molecule has 0 bridgehead atoms. The lowest BCUT2D eigenvalue weighted by molar-refractivity contribution is -0.121. The highest BCUT2D eigenvalue weighted by Crippen LogP contribution is 2.09. The van der Waals surface area contributed by atoms with Crippen molar-refractivity contribution in [3.8, 4) is 0 Å². The molecule has 1 atom stereocenters. The number of hydrogen-bond acceptors (Lipinski definition) is 1. The molecule has 0 saturated carbocycles. The van der Waals surface area contributed by atoms with E-state index < -0.39 is 0 Å². The topological polar surface area (TPSA) is 43.1 Å². The predicted octanol–water partition coefficient (Wildman–Crippen LogP) is 1.46. The smallest absolute Gasteiger partial charge is 0.220 e. The van der Waals surface area contributed by atoms with E-state index >= 15 is 0 Å². The van der Waals surface area contributed by atoms with Gasteiger partial charge in [-0.3, -0.25) is 4.79 Å². The Hall–Kier alpha value is -0.790. The molecule has 2 N–H and O–H groups in total. The first-order valence-corrected chi connectivity index (χ1v) is 3.62. The number of rotatable bonds is 5. The van der Waals surface area contributed by atoms with Gasteiger partial charge in [0.05, 0.1) is 0 Å². The minimum Gasteiger partial charge on any atom is -0.369 e. The van der Waals surface area contributed by atoms with E-state index in [2.05, 4.69) is 6.58 Å². The van der Waals surface area contributed by atoms with E-state index in [0.717, 1.165) is 12.8 Å². The molecular weight excluding hydrogens is 126 g/mol. The standard InChI is InChI=1S/C8H15NO/c1-3-5-7(6-4-2)8(9)10/h3,7H,1,4-6H2,2H3,(H2,9,10). The van der Waals surface area contributed by atoms with Crippen molar-refractivity contribution in [2.45, 2.75) is 26.2 Å². The van der Waals surface area contributed by atoms with Gasteiger partial charge in [0.1, 0.15) is 0 Å². The molecule has 1 amide bonds. The average molecular weight is 141 g/mol. The summed E-state index contributed by atoms with van der Waals surface area (Å²) in [5.41, 5.74) is 5.12. The zero-order chi connectivity index (χ0) is 7.98. The van der Waals surface area contributed by atoms with Crippen molar-refractivity contribution in [2.75, 3.05) is 0 Å². The van der Waals surface area contributed by atoms with Crippen LogP contribution in [0.15, 0.2) is 12.7 Å². The Morgan fingerprint density at radius 1 is 1.80 bits per heavy atom. The van der Waals surface area contributed by atoms with Crippen molar-refractivity contribution < 1.29 is 4.79 Å². The van der Waals surface area contributed by atoms with Crippen LogP contribution in [0.5, 0.6) is 0 Å². The van der Waals surface area contributed by atoms with Gasteiger partial charge in [0.15, 0.2) is 0 Å². The number of carbonyl (C=O) groups is 1. The molecule has 0 rings (SSSR count). The van der Waals surface area contributed by atoms with Crippen LogP contribution in [0.1, 0.15) is 26.2 Å². The molecule has 0 spiro atoms. The molecule has 0 aliphatic carbocycles. The van der Waals surface area contributed by atoms with E-state index in [9.17, 15) is 4.79 Å². The van der Waals surface area contributed by atoms with Crippen molar-refractivity contribution in [3.05, 3.63) is 12.7 Å². The van der Waals surface area contributed by atoms with Gasteiger partial charge in [0.2, 0.25) is 5.91 Å². The third kappa shape index (κ3) is 3.28. The van der Waals surface area contributed by atoms with E-state index in [1.54, 1.807) is 6.08 Å². The number of amides is 1. The zero-order valence-electron chi connectivity index (χ0n) is 6.47. The van der Waals surface area contributed by atoms with Crippen LogP contribution in [0, 0.1) is 5.92 Å². The lowest BCUT2D eigenvalue weighted by atomic mass is 9.99. The SMILES string of the molecule is C=CCC(CCC)C(N)=O. The van der Waals surface area contributed by atoms with E-state index in [0.29, 0.717) is 6.42 Å². The molecule has 2 heteroatoms. The number of hydrogen-bond donors (Lipinski definition) is 1. The van der Waals surface area contributed by atoms with Crippen molar-refractivity contribution in [1.29, 1.82) is 0 Å². The van der Waals surface area contributed by atoms with E-state index in [4.69, 9.17) is 5.73 Å². The fourth-order valence-corrected chi connectivity index (χ4v) is 0.926. The molecule has 0 heterocycles. The van der Waals surface area contributed by atoms with E-state index in [1.807, 2.05) is 6.92 Å². The Labute approximate surface area is 62.1 Å². The third-order valence-electron chi connectivity index (χ3n) is 1.49. The van der Waals surface area contributed by atoms with Crippen LogP contribution >= 0.6 is 0 Å². The first-order chi connectivity index (χ1) is 4.72. The van der Waals surface area contributed by atoms with Crippen LogP contribution < -0.4 is 5.73 Å². The summed E-state index contributed by atoms with van der Waals surface area (Å²) in [4.78, 5) is 10.7. The van der Waals surface area contributed by atoms with Gasteiger partial charge in [-0.25, -0.2) is 0 Å². The van der Waals surface area contributed by atoms with Crippen molar-refractivity contribution in [3.63, 3.8) is 0 Å². The van der Waals surface area contributed by atoms with Crippen LogP contribution in [0.3, 0.4) is 0 Å². The summed E-state index contributed by atoms with van der Waals surface area (Å²) >= 11 is 0. The van der Waals surface area contributed by atoms with Crippen molar-refractivity contribution in [2.24, 2.45) is 11.7 Å². The number of allylic oxidation sites excluding steroid dienone is 1. The second kappa shape index (κ2) is 5.03. The number of carbonyl (C=O) groups excluding carboxylic acids is 1. The zero-order valence-corrected chi connectivity index (χ0v) is 6.47. The second-order valence-corrected chi connectivity index (χ2v) is 2.41. The molecule has 0 saturated heterocycles. The molecule has 58 valence electrons. The monoisotopic (exact) mass is 141 g/mol. The molecule has 0 aromatic rings. The van der Waals surface area contributed by atoms with Gasteiger partial charge in [-0.2, -0.15) is 0 Å². The fourth-order valence-electron chi connectivity index (χ4n) is 0.926. The van der Waals surface area contributed by atoms with Gasteiger partial charge in [0.25, 0.3) is 0 Å².